The predicted octanol–water partition coefficient (Wildman–Crippen LogP) is 7.96. The van der Waals surface area contributed by atoms with Crippen molar-refractivity contribution in [1.82, 2.24) is 14.5 Å². The van der Waals surface area contributed by atoms with E-state index in [0.29, 0.717) is 0 Å². The molecule has 0 amide bonds. The van der Waals surface area contributed by atoms with Gasteiger partial charge in [0.25, 0.3) is 0 Å². The molecule has 0 aliphatic carbocycles. The molecule has 0 radical (unpaired) electrons. The van der Waals surface area contributed by atoms with E-state index < -0.39 is 0 Å². The summed E-state index contributed by atoms with van der Waals surface area (Å²) in [4.78, 5) is 9.56. The number of para-hydroxylation sites is 2. The van der Waals surface area contributed by atoms with Gasteiger partial charge in [0.15, 0.2) is 0 Å². The van der Waals surface area contributed by atoms with Gasteiger partial charge in [0, 0.05) is 22.7 Å². The van der Waals surface area contributed by atoms with E-state index in [1.807, 2.05) is 43.6 Å². The Morgan fingerprint density at radius 1 is 0.714 bits per heavy atom. The van der Waals surface area contributed by atoms with Gasteiger partial charge in [-0.1, -0.05) is 66.7 Å². The van der Waals surface area contributed by atoms with Crippen LogP contribution >= 0.6 is 0 Å². The van der Waals surface area contributed by atoms with Gasteiger partial charge in [-0.15, -0.1) is 0 Å². The molecule has 4 heteroatoms. The minimum atomic E-state index is 0.839. The van der Waals surface area contributed by atoms with E-state index in [2.05, 4.69) is 82.3 Å². The van der Waals surface area contributed by atoms with Crippen LogP contribution in [0.25, 0.3) is 61.2 Å². The molecule has 0 atom stereocenters. The third-order valence-electron chi connectivity index (χ3n) is 6.61. The maximum absolute atomic E-state index is 6.55. The summed E-state index contributed by atoms with van der Waals surface area (Å²) in [7, 11) is 0. The monoisotopic (exact) mass is 451 g/mol. The Morgan fingerprint density at radius 2 is 1.51 bits per heavy atom. The molecule has 35 heavy (non-hydrogen) atoms. The van der Waals surface area contributed by atoms with E-state index in [4.69, 9.17) is 9.40 Å². The molecule has 4 aromatic carbocycles. The highest BCUT2D eigenvalue weighted by Crippen LogP contribution is 2.39. The summed E-state index contributed by atoms with van der Waals surface area (Å²) >= 11 is 0. The van der Waals surface area contributed by atoms with Crippen LogP contribution in [0.5, 0.6) is 0 Å². The van der Waals surface area contributed by atoms with Crippen molar-refractivity contribution in [2.75, 3.05) is 0 Å². The van der Waals surface area contributed by atoms with Crippen LogP contribution in [0.15, 0.2) is 114 Å². The molecule has 166 valence electrons. The van der Waals surface area contributed by atoms with Gasteiger partial charge < -0.3 is 4.42 Å². The highest BCUT2D eigenvalue weighted by Gasteiger charge is 2.20. The van der Waals surface area contributed by atoms with Crippen molar-refractivity contribution < 1.29 is 4.42 Å². The molecule has 3 heterocycles. The van der Waals surface area contributed by atoms with Crippen LogP contribution in [0.4, 0.5) is 0 Å². The normalized spacial score (nSPS) is 11.6. The minimum absolute atomic E-state index is 0.839. The molecule has 0 saturated carbocycles. The van der Waals surface area contributed by atoms with E-state index >= 15 is 0 Å². The zero-order valence-electron chi connectivity index (χ0n) is 19.1. The Balaban J connectivity index is 1.52. The average Bonchev–Trinajstić information content (AvgIpc) is 3.49. The number of aromatic nitrogens is 3. The summed E-state index contributed by atoms with van der Waals surface area (Å²) in [6.07, 6.45) is 3.75. The lowest BCUT2D eigenvalue weighted by atomic mass is 10.0. The Morgan fingerprint density at radius 3 is 2.34 bits per heavy atom. The fourth-order valence-electron chi connectivity index (χ4n) is 4.93. The first-order valence-corrected chi connectivity index (χ1v) is 11.7. The molecule has 0 aliphatic heterocycles. The fourth-order valence-corrected chi connectivity index (χ4v) is 4.93. The van der Waals surface area contributed by atoms with Crippen LogP contribution in [0.2, 0.25) is 0 Å². The Labute approximate surface area is 202 Å². The van der Waals surface area contributed by atoms with Crippen LogP contribution in [0.1, 0.15) is 5.56 Å². The van der Waals surface area contributed by atoms with Crippen LogP contribution in [0, 0.1) is 6.92 Å². The first kappa shape index (κ1) is 19.7. The quantitative estimate of drug-likeness (QED) is 0.274. The molecular formula is C31H21N3O. The number of fused-ring (bicyclic) bond motifs is 4. The van der Waals surface area contributed by atoms with Crippen molar-refractivity contribution in [3.8, 4) is 28.2 Å². The molecule has 7 aromatic rings. The van der Waals surface area contributed by atoms with Crippen LogP contribution in [-0.2, 0) is 0 Å². The van der Waals surface area contributed by atoms with Gasteiger partial charge in [-0.2, -0.15) is 0 Å². The Kier molecular flexibility index (Phi) is 4.33. The molecule has 7 rings (SSSR count). The van der Waals surface area contributed by atoms with E-state index in [0.717, 1.165) is 61.2 Å². The van der Waals surface area contributed by atoms with E-state index in [-0.39, 0.29) is 0 Å². The zero-order chi connectivity index (χ0) is 23.4. The number of rotatable bonds is 3. The van der Waals surface area contributed by atoms with E-state index in [1.165, 1.54) is 5.56 Å². The summed E-state index contributed by atoms with van der Waals surface area (Å²) in [6, 6.07) is 33.4. The smallest absolute Gasteiger partial charge is 0.149 e. The SMILES string of the molecule is Cc1cncc2c1nc(-c1cccc3c1oc1cc(-c4ccccc4)ccc13)n2-c1ccccc1. The summed E-state index contributed by atoms with van der Waals surface area (Å²) in [5.74, 6) is 0.843. The van der Waals surface area contributed by atoms with Crippen molar-refractivity contribution in [2.24, 2.45) is 0 Å². The molecule has 3 aromatic heterocycles. The second-order valence-corrected chi connectivity index (χ2v) is 8.79. The third-order valence-corrected chi connectivity index (χ3v) is 6.61. The Hall–Kier alpha value is -4.70. The highest BCUT2D eigenvalue weighted by molar-refractivity contribution is 6.10. The number of nitrogens with zero attached hydrogens (tertiary/aromatic N) is 3. The number of aryl methyl sites for hydroxylation is 1. The zero-order valence-corrected chi connectivity index (χ0v) is 19.1. The molecule has 0 fully saturated rings. The number of hydrogen-bond donors (Lipinski definition) is 0. The van der Waals surface area contributed by atoms with Crippen LogP contribution < -0.4 is 0 Å². The highest BCUT2D eigenvalue weighted by atomic mass is 16.3. The van der Waals surface area contributed by atoms with Crippen molar-refractivity contribution in [3.63, 3.8) is 0 Å². The summed E-state index contributed by atoms with van der Waals surface area (Å²) in [5, 5.41) is 2.18. The Bertz CT molecular complexity index is 1850. The molecule has 4 nitrogen and oxygen atoms in total. The summed E-state index contributed by atoms with van der Waals surface area (Å²) in [5.41, 5.74) is 8.98. The van der Waals surface area contributed by atoms with Crippen molar-refractivity contribution in [1.29, 1.82) is 0 Å². The first-order chi connectivity index (χ1) is 17.3. The topological polar surface area (TPSA) is 43.9 Å². The van der Waals surface area contributed by atoms with Crippen molar-refractivity contribution in [2.45, 2.75) is 6.92 Å². The predicted molar refractivity (Wildman–Crippen MR) is 142 cm³/mol. The molecular weight excluding hydrogens is 430 g/mol. The van der Waals surface area contributed by atoms with Crippen molar-refractivity contribution >= 4 is 33.0 Å². The number of pyridine rings is 1. The lowest BCUT2D eigenvalue weighted by molar-refractivity contribution is 0.669. The third kappa shape index (κ3) is 3.07. The molecule has 0 spiro atoms. The van der Waals surface area contributed by atoms with Gasteiger partial charge in [0.1, 0.15) is 17.0 Å². The van der Waals surface area contributed by atoms with Crippen molar-refractivity contribution in [3.05, 3.63) is 115 Å². The summed E-state index contributed by atoms with van der Waals surface area (Å²) < 4.78 is 8.72. The van der Waals surface area contributed by atoms with E-state index in [9.17, 15) is 0 Å². The van der Waals surface area contributed by atoms with E-state index in [1.54, 1.807) is 0 Å². The fraction of sp³-hybridized carbons (Fsp3) is 0.0323. The second-order valence-electron chi connectivity index (χ2n) is 8.79. The maximum Gasteiger partial charge on any atom is 0.149 e. The van der Waals surface area contributed by atoms with Gasteiger partial charge in [-0.05, 0) is 53.9 Å². The number of imidazole rings is 1. The number of benzene rings is 4. The molecule has 0 unspecified atom stereocenters. The summed E-state index contributed by atoms with van der Waals surface area (Å²) in [6.45, 7) is 2.05. The standard InChI is InChI=1S/C31H21N3O/c1-20-18-32-19-27-29(20)33-31(34(27)23-11-6-3-7-12-23)26-14-8-13-25-24-16-15-22(17-28(24)35-30(25)26)21-9-4-2-5-10-21/h2-19H,1H3. The lowest BCUT2D eigenvalue weighted by Crippen LogP contribution is -1.97. The van der Waals surface area contributed by atoms with Gasteiger partial charge in [-0.25, -0.2) is 4.98 Å². The number of furan rings is 1. The van der Waals surface area contributed by atoms with Gasteiger partial charge in [0.05, 0.1) is 22.8 Å². The largest absolute Gasteiger partial charge is 0.455 e. The molecule has 0 bridgehead atoms. The van der Waals surface area contributed by atoms with Gasteiger partial charge in [-0.3, -0.25) is 9.55 Å². The first-order valence-electron chi connectivity index (χ1n) is 11.7. The number of hydrogen-bond acceptors (Lipinski definition) is 3. The van der Waals surface area contributed by atoms with Gasteiger partial charge >= 0.3 is 0 Å². The molecule has 0 N–H and O–H groups in total. The van der Waals surface area contributed by atoms with Crippen LogP contribution in [-0.4, -0.2) is 14.5 Å². The maximum atomic E-state index is 6.55. The molecule has 0 aliphatic rings. The van der Waals surface area contributed by atoms with Gasteiger partial charge in [0.2, 0.25) is 0 Å². The molecule has 0 saturated heterocycles. The van der Waals surface area contributed by atoms with Crippen LogP contribution in [0.3, 0.4) is 0 Å². The average molecular weight is 452 g/mol. The minimum Gasteiger partial charge on any atom is -0.455 e. The lowest BCUT2D eigenvalue weighted by Gasteiger charge is -2.09. The second kappa shape index (κ2) is 7.67.